The average molecular weight is 749 g/mol. The minimum absolute atomic E-state index is 0. The molecule has 4 heterocycles. The maximum absolute atomic E-state index is 14.2. The standard InChI is InChI=1S/C37H57N5O2S2.BrH/c1-5-8-19-37(20-9-6-2)28-46(43,44)34-15-14-32(41(4)7-3)27-33(34)35(40-37)30-12-10-13-31(26-30)39-36(45)38-21-11-22-42-23-16-29(17-24-42)18-25-42;/h10,12-15,26-27,29,35,40H,5-9,11,16-25,28H2,1-4H3,(H-,38,39,45);1H. The number of fused-ring (bicyclic) bond motifs is 4. The van der Waals surface area contributed by atoms with Crippen LogP contribution in [0.15, 0.2) is 47.4 Å². The highest BCUT2D eigenvalue weighted by molar-refractivity contribution is 7.91. The number of hydrogen-bond donors (Lipinski definition) is 3. The number of sulfone groups is 1. The van der Waals surface area contributed by atoms with E-state index in [0.29, 0.717) is 10.0 Å². The van der Waals surface area contributed by atoms with E-state index >= 15 is 0 Å². The van der Waals surface area contributed by atoms with Gasteiger partial charge in [-0.15, -0.1) is 0 Å². The molecular weight excluding hydrogens is 690 g/mol. The molecule has 3 fully saturated rings. The zero-order valence-corrected chi connectivity index (χ0v) is 32.3. The van der Waals surface area contributed by atoms with Gasteiger partial charge in [0.15, 0.2) is 14.9 Å². The first kappa shape index (κ1) is 38.1. The number of hydrogen-bond acceptors (Lipinski definition) is 5. The van der Waals surface area contributed by atoms with Crippen molar-refractivity contribution in [3.05, 3.63) is 53.6 Å². The number of anilines is 2. The lowest BCUT2D eigenvalue weighted by Crippen LogP contribution is -3.00. The highest BCUT2D eigenvalue weighted by Gasteiger charge is 2.43. The van der Waals surface area contributed by atoms with Crippen LogP contribution in [0.5, 0.6) is 0 Å². The van der Waals surface area contributed by atoms with Gasteiger partial charge in [0.1, 0.15) is 0 Å². The van der Waals surface area contributed by atoms with E-state index in [2.05, 4.69) is 72.9 Å². The molecular formula is C37H58BrN5O2S2. The van der Waals surface area contributed by atoms with Gasteiger partial charge in [-0.05, 0) is 98.6 Å². The van der Waals surface area contributed by atoms with E-state index in [4.69, 9.17) is 12.2 Å². The third-order valence-corrected chi connectivity index (χ3v) is 13.3. The lowest BCUT2D eigenvalue weighted by Gasteiger charge is -2.49. The van der Waals surface area contributed by atoms with Crippen molar-refractivity contribution in [3.8, 4) is 0 Å². The Morgan fingerprint density at radius 1 is 1.00 bits per heavy atom. The van der Waals surface area contributed by atoms with Gasteiger partial charge in [-0.3, -0.25) is 5.32 Å². The summed E-state index contributed by atoms with van der Waals surface area (Å²) in [5, 5.41) is 11.5. The number of nitrogens with one attached hydrogen (secondary N) is 3. The molecule has 0 radical (unpaired) electrons. The molecule has 3 saturated heterocycles. The van der Waals surface area contributed by atoms with Crippen LogP contribution in [0.1, 0.15) is 102 Å². The smallest absolute Gasteiger partial charge is 0.180 e. The van der Waals surface area contributed by atoms with E-state index in [1.807, 2.05) is 18.2 Å². The molecule has 2 bridgehead atoms. The Kier molecular flexibility index (Phi) is 13.6. The highest BCUT2D eigenvalue weighted by Crippen LogP contribution is 2.41. The molecule has 0 aliphatic carbocycles. The molecule has 7 nitrogen and oxygen atoms in total. The van der Waals surface area contributed by atoms with Crippen LogP contribution >= 0.6 is 12.2 Å². The van der Waals surface area contributed by atoms with Crippen molar-refractivity contribution in [2.24, 2.45) is 5.92 Å². The minimum Gasteiger partial charge on any atom is -1.00 e. The van der Waals surface area contributed by atoms with Crippen LogP contribution < -0.4 is 37.8 Å². The summed E-state index contributed by atoms with van der Waals surface area (Å²) in [5.74, 6) is 1.11. The molecule has 3 N–H and O–H groups in total. The number of unbranched alkanes of at least 4 members (excludes halogenated alkanes) is 2. The summed E-state index contributed by atoms with van der Waals surface area (Å²) in [4.78, 5) is 2.61. The SMILES string of the molecule is CCCCC1(CCCC)CS(=O)(=O)c2ccc(N(C)CC)cc2C(c2cccc(NC(=S)NCCC[N+]34CCC(CC3)CC4)c2)N1.[Br-]. The Morgan fingerprint density at radius 2 is 1.68 bits per heavy atom. The molecule has 0 saturated carbocycles. The van der Waals surface area contributed by atoms with Crippen LogP contribution in [0.25, 0.3) is 0 Å². The van der Waals surface area contributed by atoms with Gasteiger partial charge >= 0.3 is 0 Å². The van der Waals surface area contributed by atoms with E-state index in [9.17, 15) is 8.42 Å². The summed E-state index contributed by atoms with van der Waals surface area (Å²) >= 11 is 5.75. The van der Waals surface area contributed by atoms with E-state index in [-0.39, 0.29) is 28.8 Å². The maximum Gasteiger partial charge on any atom is 0.180 e. The molecule has 47 heavy (non-hydrogen) atoms. The monoisotopic (exact) mass is 747 g/mol. The molecule has 262 valence electrons. The third kappa shape index (κ3) is 9.30. The molecule has 2 aromatic carbocycles. The summed E-state index contributed by atoms with van der Waals surface area (Å²) in [6, 6.07) is 14.0. The second-order valence-electron chi connectivity index (χ2n) is 14.4. The van der Waals surface area contributed by atoms with Gasteiger partial charge in [0.05, 0.1) is 42.9 Å². The van der Waals surface area contributed by atoms with Crippen LogP contribution in [0, 0.1) is 5.92 Å². The summed E-state index contributed by atoms with van der Waals surface area (Å²) in [6.07, 6.45) is 11.0. The normalized spacial score (nSPS) is 24.0. The molecule has 1 atom stereocenters. The largest absolute Gasteiger partial charge is 1.00 e. The maximum atomic E-state index is 14.2. The molecule has 0 spiro atoms. The van der Waals surface area contributed by atoms with E-state index < -0.39 is 15.4 Å². The minimum atomic E-state index is -3.52. The second-order valence-corrected chi connectivity index (χ2v) is 16.8. The van der Waals surface area contributed by atoms with Crippen LogP contribution in [0.4, 0.5) is 11.4 Å². The fourth-order valence-electron chi connectivity index (χ4n) is 8.10. The van der Waals surface area contributed by atoms with Crippen molar-refractivity contribution in [1.82, 2.24) is 10.6 Å². The van der Waals surface area contributed by atoms with Crippen molar-refractivity contribution in [2.45, 2.75) is 101 Å². The number of thiocarbonyl (C=S) groups is 1. The predicted molar refractivity (Wildman–Crippen MR) is 197 cm³/mol. The Bertz CT molecular complexity index is 1420. The molecule has 2 aromatic rings. The van der Waals surface area contributed by atoms with Crippen LogP contribution in [-0.4, -0.2) is 75.6 Å². The lowest BCUT2D eigenvalue weighted by molar-refractivity contribution is -0.942. The first-order chi connectivity index (χ1) is 22.1. The number of piperidine rings is 3. The number of rotatable bonds is 14. The van der Waals surface area contributed by atoms with E-state index in [1.54, 1.807) is 0 Å². The molecule has 0 amide bonds. The van der Waals surface area contributed by atoms with Gasteiger partial charge in [0.2, 0.25) is 0 Å². The van der Waals surface area contributed by atoms with Gasteiger partial charge in [-0.1, -0.05) is 51.7 Å². The van der Waals surface area contributed by atoms with E-state index in [1.165, 1.54) is 49.9 Å². The molecule has 0 aromatic heterocycles. The van der Waals surface area contributed by atoms with Gasteiger partial charge in [-0.2, -0.15) is 0 Å². The predicted octanol–water partition coefficient (Wildman–Crippen LogP) is 4.04. The third-order valence-electron chi connectivity index (χ3n) is 11.1. The average Bonchev–Trinajstić information content (AvgIpc) is 3.17. The summed E-state index contributed by atoms with van der Waals surface area (Å²) in [7, 11) is -1.47. The van der Waals surface area contributed by atoms with Crippen molar-refractivity contribution in [2.75, 3.05) is 62.3 Å². The summed E-state index contributed by atoms with van der Waals surface area (Å²) in [5.41, 5.74) is 3.32. The van der Waals surface area contributed by atoms with Gasteiger partial charge in [-0.25, -0.2) is 8.42 Å². The van der Waals surface area contributed by atoms with Crippen LogP contribution in [0.3, 0.4) is 0 Å². The van der Waals surface area contributed by atoms with Gasteiger partial charge in [0, 0.05) is 43.5 Å². The molecule has 6 rings (SSSR count). The fourth-order valence-corrected chi connectivity index (χ4v) is 10.4. The van der Waals surface area contributed by atoms with Crippen molar-refractivity contribution >= 4 is 38.5 Å². The number of halogens is 1. The lowest BCUT2D eigenvalue weighted by atomic mass is 9.85. The van der Waals surface area contributed by atoms with Crippen molar-refractivity contribution in [3.63, 3.8) is 0 Å². The van der Waals surface area contributed by atoms with Gasteiger partial charge < -0.3 is 37.0 Å². The fraction of sp³-hybridized carbons (Fsp3) is 0.649. The second kappa shape index (κ2) is 16.8. The Labute approximate surface area is 300 Å². The Hall–Kier alpha value is -1.72. The zero-order valence-electron chi connectivity index (χ0n) is 29.1. The molecule has 10 heteroatoms. The van der Waals surface area contributed by atoms with E-state index in [0.717, 1.165) is 86.5 Å². The first-order valence-electron chi connectivity index (χ1n) is 18.0. The summed E-state index contributed by atoms with van der Waals surface area (Å²) < 4.78 is 29.6. The summed E-state index contributed by atoms with van der Waals surface area (Å²) in [6.45, 7) is 13.5. The van der Waals surface area contributed by atoms with Crippen LogP contribution in [0.2, 0.25) is 0 Å². The molecule has 4 aliphatic rings. The molecule has 4 aliphatic heterocycles. The number of nitrogens with zero attached hydrogens (tertiary/aromatic N) is 2. The Morgan fingerprint density at radius 3 is 2.32 bits per heavy atom. The highest BCUT2D eigenvalue weighted by atomic mass is 79.9. The quantitative estimate of drug-likeness (QED) is 0.153. The Balaban J connectivity index is 0.00000500. The number of quaternary nitrogens is 1. The van der Waals surface area contributed by atoms with Crippen molar-refractivity contribution < 1.29 is 29.9 Å². The first-order valence-corrected chi connectivity index (χ1v) is 20.0. The van der Waals surface area contributed by atoms with Crippen molar-refractivity contribution in [1.29, 1.82) is 0 Å². The zero-order chi connectivity index (χ0) is 32.8. The van der Waals surface area contributed by atoms with Gasteiger partial charge in [0.25, 0.3) is 0 Å². The topological polar surface area (TPSA) is 73.5 Å². The molecule has 1 unspecified atom stereocenters. The number of benzene rings is 2. The van der Waals surface area contributed by atoms with Crippen LogP contribution in [-0.2, 0) is 9.84 Å².